The topological polar surface area (TPSA) is 76.2 Å². The molecule has 1 N–H and O–H groups in total. The Balaban J connectivity index is 2.27. The molecule has 0 radical (unpaired) electrons. The quantitative estimate of drug-likeness (QED) is 0.743. The third kappa shape index (κ3) is 1.20. The van der Waals surface area contributed by atoms with Crippen LogP contribution < -0.4 is 0 Å². The largest absolute Gasteiger partial charge is 0.474 e. The molecule has 1 saturated carbocycles. The van der Waals surface area contributed by atoms with Gasteiger partial charge in [-0.1, -0.05) is 18.5 Å². The van der Waals surface area contributed by atoms with E-state index in [2.05, 4.69) is 14.7 Å². The lowest BCUT2D eigenvalue weighted by atomic mass is 9.70. The Kier molecular flexibility index (Phi) is 1.61. The number of rotatable bonds is 2. The molecule has 1 aliphatic rings. The molecule has 2 rings (SSSR count). The fraction of sp³-hybridized carbons (Fsp3) is 0.625. The normalized spacial score (nSPS) is 19.5. The minimum absolute atomic E-state index is 0.0583. The van der Waals surface area contributed by atoms with Crippen molar-refractivity contribution in [2.24, 2.45) is 0 Å². The summed E-state index contributed by atoms with van der Waals surface area (Å²) in [5.74, 6) is -0.957. The number of hydrogen-bond acceptors (Lipinski definition) is 4. The number of carboxylic acid groups (broad SMARTS) is 1. The van der Waals surface area contributed by atoms with E-state index in [-0.39, 0.29) is 11.3 Å². The van der Waals surface area contributed by atoms with Crippen LogP contribution in [0.5, 0.6) is 0 Å². The highest BCUT2D eigenvalue weighted by atomic mass is 16.5. The average molecular weight is 182 g/mol. The maximum absolute atomic E-state index is 10.5. The van der Waals surface area contributed by atoms with Crippen molar-refractivity contribution in [2.45, 2.75) is 31.6 Å². The number of hydrogen-bond donors (Lipinski definition) is 1. The van der Waals surface area contributed by atoms with E-state index in [1.54, 1.807) is 0 Å². The first-order chi connectivity index (χ1) is 6.12. The van der Waals surface area contributed by atoms with Crippen LogP contribution in [0.25, 0.3) is 0 Å². The van der Waals surface area contributed by atoms with Gasteiger partial charge in [-0.05, 0) is 12.8 Å². The van der Waals surface area contributed by atoms with E-state index in [0.717, 1.165) is 19.3 Å². The third-order valence-electron chi connectivity index (χ3n) is 2.61. The second kappa shape index (κ2) is 2.55. The highest BCUT2D eigenvalue weighted by Gasteiger charge is 2.38. The van der Waals surface area contributed by atoms with E-state index in [0.29, 0.717) is 5.82 Å². The molecular weight excluding hydrogens is 172 g/mol. The van der Waals surface area contributed by atoms with E-state index >= 15 is 0 Å². The van der Waals surface area contributed by atoms with Crippen molar-refractivity contribution in [3.05, 3.63) is 11.7 Å². The van der Waals surface area contributed by atoms with Crippen molar-refractivity contribution in [1.82, 2.24) is 10.1 Å². The van der Waals surface area contributed by atoms with Crippen LogP contribution in [0.4, 0.5) is 0 Å². The zero-order chi connectivity index (χ0) is 9.47. The first-order valence-corrected chi connectivity index (χ1v) is 4.19. The average Bonchev–Trinajstić information content (AvgIpc) is 2.48. The Bertz CT molecular complexity index is 341. The zero-order valence-electron chi connectivity index (χ0n) is 7.28. The second-order valence-electron chi connectivity index (χ2n) is 3.64. The fourth-order valence-corrected chi connectivity index (χ4v) is 1.49. The standard InChI is InChI=1S/C8H10N2O3/c1-8(3-2-4-8)7-9-5(6(11)12)13-10-7/h2-4H2,1H3,(H,11,12). The lowest BCUT2D eigenvalue weighted by Crippen LogP contribution is -2.31. The number of aromatic nitrogens is 2. The molecule has 1 fully saturated rings. The maximum Gasteiger partial charge on any atom is 0.394 e. The molecule has 0 aliphatic heterocycles. The molecule has 1 aromatic rings. The van der Waals surface area contributed by atoms with Crippen LogP contribution in [-0.4, -0.2) is 21.2 Å². The minimum Gasteiger partial charge on any atom is -0.474 e. The first-order valence-electron chi connectivity index (χ1n) is 4.19. The van der Waals surface area contributed by atoms with Gasteiger partial charge in [0.05, 0.1) is 0 Å². The highest BCUT2D eigenvalue weighted by molar-refractivity contribution is 5.81. The van der Waals surface area contributed by atoms with Crippen LogP contribution in [0.3, 0.4) is 0 Å². The SMILES string of the molecule is CC1(c2noc(C(=O)O)n2)CCC1. The predicted molar refractivity (Wildman–Crippen MR) is 42.5 cm³/mol. The van der Waals surface area contributed by atoms with Crippen LogP contribution in [0.1, 0.15) is 42.7 Å². The number of carboxylic acids is 1. The van der Waals surface area contributed by atoms with E-state index < -0.39 is 5.97 Å². The summed E-state index contributed by atoms with van der Waals surface area (Å²) in [4.78, 5) is 14.3. The van der Waals surface area contributed by atoms with Gasteiger partial charge in [0.25, 0.3) is 0 Å². The van der Waals surface area contributed by atoms with Gasteiger partial charge in [0.2, 0.25) is 0 Å². The third-order valence-corrected chi connectivity index (χ3v) is 2.61. The smallest absolute Gasteiger partial charge is 0.394 e. The van der Waals surface area contributed by atoms with Crippen LogP contribution >= 0.6 is 0 Å². The molecule has 0 atom stereocenters. The summed E-state index contributed by atoms with van der Waals surface area (Å²) in [6.45, 7) is 2.02. The first kappa shape index (κ1) is 8.22. The highest BCUT2D eigenvalue weighted by Crippen LogP contribution is 2.41. The van der Waals surface area contributed by atoms with Crippen molar-refractivity contribution in [2.75, 3.05) is 0 Å². The van der Waals surface area contributed by atoms with Gasteiger partial charge in [-0.2, -0.15) is 4.98 Å². The fourth-order valence-electron chi connectivity index (χ4n) is 1.49. The summed E-state index contributed by atoms with van der Waals surface area (Å²) in [5, 5.41) is 12.2. The van der Waals surface area contributed by atoms with Crippen molar-refractivity contribution in [1.29, 1.82) is 0 Å². The zero-order valence-corrected chi connectivity index (χ0v) is 7.28. The van der Waals surface area contributed by atoms with Crippen molar-refractivity contribution in [3.8, 4) is 0 Å². The van der Waals surface area contributed by atoms with Crippen LogP contribution in [0, 0.1) is 0 Å². The van der Waals surface area contributed by atoms with Gasteiger partial charge in [-0.15, -0.1) is 0 Å². The second-order valence-corrected chi connectivity index (χ2v) is 3.64. The molecule has 0 bridgehead atoms. The number of nitrogens with zero attached hydrogens (tertiary/aromatic N) is 2. The molecule has 0 spiro atoms. The summed E-state index contributed by atoms with van der Waals surface area (Å²) in [6, 6.07) is 0. The van der Waals surface area contributed by atoms with Gasteiger partial charge in [0.15, 0.2) is 5.82 Å². The summed E-state index contributed by atoms with van der Waals surface area (Å²) < 4.78 is 4.59. The Morgan fingerprint density at radius 2 is 2.31 bits per heavy atom. The molecule has 1 aromatic heterocycles. The van der Waals surface area contributed by atoms with E-state index in [1.165, 1.54) is 0 Å². The number of carbonyl (C=O) groups is 1. The minimum atomic E-state index is -1.17. The van der Waals surface area contributed by atoms with E-state index in [4.69, 9.17) is 5.11 Å². The van der Waals surface area contributed by atoms with Gasteiger partial charge < -0.3 is 9.63 Å². The van der Waals surface area contributed by atoms with Gasteiger partial charge in [-0.25, -0.2) is 4.79 Å². The Labute approximate surface area is 74.8 Å². The molecule has 13 heavy (non-hydrogen) atoms. The van der Waals surface area contributed by atoms with E-state index in [9.17, 15) is 4.79 Å². The van der Waals surface area contributed by atoms with Crippen LogP contribution in [0.2, 0.25) is 0 Å². The molecule has 0 saturated heterocycles. The van der Waals surface area contributed by atoms with Gasteiger partial charge in [0, 0.05) is 5.41 Å². The summed E-state index contributed by atoms with van der Waals surface area (Å²) in [7, 11) is 0. The summed E-state index contributed by atoms with van der Waals surface area (Å²) >= 11 is 0. The Morgan fingerprint density at radius 1 is 1.62 bits per heavy atom. The van der Waals surface area contributed by atoms with E-state index in [1.807, 2.05) is 6.92 Å². The molecule has 70 valence electrons. The molecule has 1 heterocycles. The van der Waals surface area contributed by atoms with Crippen molar-refractivity contribution < 1.29 is 14.4 Å². The summed E-state index contributed by atoms with van der Waals surface area (Å²) in [6.07, 6.45) is 3.16. The van der Waals surface area contributed by atoms with Gasteiger partial charge in [-0.3, -0.25) is 0 Å². The van der Waals surface area contributed by atoms with Crippen LogP contribution in [0.15, 0.2) is 4.52 Å². The molecule has 5 heteroatoms. The molecule has 0 aromatic carbocycles. The molecule has 1 aliphatic carbocycles. The molecule has 5 nitrogen and oxygen atoms in total. The number of aromatic carboxylic acids is 1. The van der Waals surface area contributed by atoms with Gasteiger partial charge in [0.1, 0.15) is 0 Å². The monoisotopic (exact) mass is 182 g/mol. The van der Waals surface area contributed by atoms with Gasteiger partial charge >= 0.3 is 11.9 Å². The lowest BCUT2D eigenvalue weighted by molar-refractivity contribution is 0.0643. The van der Waals surface area contributed by atoms with Crippen molar-refractivity contribution in [3.63, 3.8) is 0 Å². The molecule has 0 unspecified atom stereocenters. The molecule has 0 amide bonds. The molecular formula is C8H10N2O3. The van der Waals surface area contributed by atoms with Crippen LogP contribution in [-0.2, 0) is 5.41 Å². The van der Waals surface area contributed by atoms with Crippen molar-refractivity contribution >= 4 is 5.97 Å². The summed E-state index contributed by atoms with van der Waals surface area (Å²) in [5.41, 5.74) is -0.0583. The predicted octanol–water partition coefficient (Wildman–Crippen LogP) is 1.21. The maximum atomic E-state index is 10.5. The lowest BCUT2D eigenvalue weighted by Gasteiger charge is -2.34. The Hall–Kier alpha value is -1.39. The Morgan fingerprint density at radius 3 is 2.69 bits per heavy atom.